The summed E-state index contributed by atoms with van der Waals surface area (Å²) in [5.74, 6) is 0.449. The highest BCUT2D eigenvalue weighted by molar-refractivity contribution is 6.02. The largest absolute Gasteiger partial charge is 0.369 e. The molecule has 1 aromatic heterocycles. The van der Waals surface area contributed by atoms with E-state index >= 15 is 0 Å². The van der Waals surface area contributed by atoms with Gasteiger partial charge in [-0.15, -0.1) is 0 Å². The highest BCUT2D eigenvalue weighted by atomic mass is 16.1. The molecule has 1 aliphatic rings. The van der Waals surface area contributed by atoms with Crippen LogP contribution in [0.15, 0.2) is 24.3 Å². The van der Waals surface area contributed by atoms with Gasteiger partial charge in [0.05, 0.1) is 17.2 Å². The molecule has 2 aromatic rings. The van der Waals surface area contributed by atoms with Crippen LogP contribution in [0.4, 0.5) is 5.82 Å². The lowest BCUT2D eigenvalue weighted by molar-refractivity contribution is 0.0938. The summed E-state index contributed by atoms with van der Waals surface area (Å²) in [7, 11) is 0. The summed E-state index contributed by atoms with van der Waals surface area (Å²) >= 11 is 0. The number of carbonyl (C=O) groups excluding carboxylic acids is 1. The summed E-state index contributed by atoms with van der Waals surface area (Å²) in [5.41, 5.74) is 8.55. The van der Waals surface area contributed by atoms with E-state index in [0.29, 0.717) is 29.9 Å². The van der Waals surface area contributed by atoms with E-state index in [9.17, 15) is 4.79 Å². The molecule has 3 rings (SSSR count). The van der Waals surface area contributed by atoms with E-state index in [0.717, 1.165) is 35.9 Å². The van der Waals surface area contributed by atoms with Gasteiger partial charge in [0.25, 0.3) is 5.91 Å². The molecule has 2 unspecified atom stereocenters. The maximum absolute atomic E-state index is 12.9. The minimum absolute atomic E-state index is 0.180. The number of amides is 1. The maximum Gasteiger partial charge on any atom is 0.256 e. The van der Waals surface area contributed by atoms with Crippen molar-refractivity contribution in [3.8, 4) is 0 Å². The lowest BCUT2D eigenvalue weighted by atomic mass is 9.94. The molecule has 31 heavy (non-hydrogen) atoms. The number of carbonyl (C=O) groups is 1. The second kappa shape index (κ2) is 11.4. The quantitative estimate of drug-likeness (QED) is 0.422. The fraction of sp³-hybridized carbons (Fsp3) is 0.600. The van der Waals surface area contributed by atoms with Crippen molar-refractivity contribution in [1.29, 1.82) is 0 Å². The first-order chi connectivity index (χ1) is 15.0. The minimum atomic E-state index is -0.363. The van der Waals surface area contributed by atoms with Gasteiger partial charge in [-0.1, -0.05) is 44.7 Å². The van der Waals surface area contributed by atoms with Crippen LogP contribution in [0.3, 0.4) is 0 Å². The van der Waals surface area contributed by atoms with Gasteiger partial charge >= 0.3 is 0 Å². The third kappa shape index (κ3) is 6.65. The first-order valence-corrected chi connectivity index (χ1v) is 12.0. The Balaban J connectivity index is 1.71. The number of rotatable bonds is 10. The van der Waals surface area contributed by atoms with E-state index in [1.54, 1.807) is 0 Å². The van der Waals surface area contributed by atoms with Gasteiger partial charge in [0, 0.05) is 24.0 Å². The Bertz CT molecular complexity index is 862. The number of nitrogens with two attached hydrogens (primary N) is 1. The van der Waals surface area contributed by atoms with E-state index in [4.69, 9.17) is 10.7 Å². The van der Waals surface area contributed by atoms with Gasteiger partial charge in [0.2, 0.25) is 0 Å². The molecule has 6 nitrogen and oxygen atoms in total. The monoisotopic (exact) mass is 425 g/mol. The zero-order chi connectivity index (χ0) is 22.2. The maximum atomic E-state index is 12.9. The van der Waals surface area contributed by atoms with Gasteiger partial charge in [-0.05, 0) is 57.2 Å². The first-order valence-electron chi connectivity index (χ1n) is 12.0. The summed E-state index contributed by atoms with van der Waals surface area (Å²) in [4.78, 5) is 17.7. The highest BCUT2D eigenvalue weighted by Gasteiger charge is 2.19. The van der Waals surface area contributed by atoms with Gasteiger partial charge in [-0.25, -0.2) is 4.98 Å². The summed E-state index contributed by atoms with van der Waals surface area (Å²) in [6.45, 7) is 7.00. The predicted octanol–water partition coefficient (Wildman–Crippen LogP) is 4.47. The van der Waals surface area contributed by atoms with Gasteiger partial charge in [0.15, 0.2) is 0 Å². The van der Waals surface area contributed by atoms with Gasteiger partial charge in [-0.2, -0.15) is 0 Å². The predicted molar refractivity (Wildman–Crippen MR) is 129 cm³/mol. The molecule has 1 aliphatic carbocycles. The molecule has 5 N–H and O–H groups in total. The number of nitrogens with zero attached hydrogens (tertiary/aromatic N) is 1. The standard InChI is InChI=1S/C25H39N5O/c1-4-19(28-20-9-7-6-8-10-20)13-14-27-24-21(25(31)30-23(26)5-2)16-18-15-17(3)11-12-22(18)29-24/h11-12,15-16,19-20,23,28H,4-10,13-14,26H2,1-3H3,(H,27,29)(H,30,31). The van der Waals surface area contributed by atoms with Crippen molar-refractivity contribution in [2.75, 3.05) is 11.9 Å². The number of aromatic nitrogens is 1. The summed E-state index contributed by atoms with van der Waals surface area (Å²) < 4.78 is 0. The van der Waals surface area contributed by atoms with E-state index in [1.165, 1.54) is 32.1 Å². The molecule has 1 amide bonds. The molecule has 0 radical (unpaired) electrons. The van der Waals surface area contributed by atoms with Gasteiger partial charge in [-0.3, -0.25) is 4.79 Å². The average Bonchev–Trinajstić information content (AvgIpc) is 2.78. The number of nitrogens with one attached hydrogen (secondary N) is 3. The third-order valence-electron chi connectivity index (χ3n) is 6.33. The first kappa shape index (κ1) is 23.5. The number of pyridine rings is 1. The van der Waals surface area contributed by atoms with Crippen LogP contribution in [-0.2, 0) is 0 Å². The van der Waals surface area contributed by atoms with Crippen LogP contribution in [0.1, 0.15) is 81.1 Å². The van der Waals surface area contributed by atoms with Crippen molar-refractivity contribution in [2.45, 2.75) is 90.4 Å². The molecule has 0 aliphatic heterocycles. The fourth-order valence-electron chi connectivity index (χ4n) is 4.32. The van der Waals surface area contributed by atoms with Gasteiger partial charge in [0.1, 0.15) is 5.82 Å². The zero-order valence-corrected chi connectivity index (χ0v) is 19.3. The summed E-state index contributed by atoms with van der Waals surface area (Å²) in [6.07, 6.45) is 9.04. The third-order valence-corrected chi connectivity index (χ3v) is 6.33. The Morgan fingerprint density at radius 3 is 2.65 bits per heavy atom. The smallest absolute Gasteiger partial charge is 0.256 e. The average molecular weight is 426 g/mol. The normalized spacial score (nSPS) is 16.8. The Morgan fingerprint density at radius 2 is 1.94 bits per heavy atom. The Labute approximate surface area is 186 Å². The lowest BCUT2D eigenvalue weighted by Crippen LogP contribution is -2.41. The van der Waals surface area contributed by atoms with Crippen LogP contribution in [-0.4, -0.2) is 35.7 Å². The van der Waals surface area contributed by atoms with Crippen LogP contribution in [0, 0.1) is 6.92 Å². The van der Waals surface area contributed by atoms with E-state index in [-0.39, 0.29) is 12.1 Å². The second-order valence-electron chi connectivity index (χ2n) is 8.89. The fourth-order valence-corrected chi connectivity index (χ4v) is 4.32. The van der Waals surface area contributed by atoms with Crippen molar-refractivity contribution in [3.05, 3.63) is 35.4 Å². The van der Waals surface area contributed by atoms with Crippen molar-refractivity contribution >= 4 is 22.6 Å². The van der Waals surface area contributed by atoms with E-state index in [2.05, 4.69) is 28.9 Å². The molecule has 1 heterocycles. The van der Waals surface area contributed by atoms with Crippen molar-refractivity contribution in [1.82, 2.24) is 15.6 Å². The molecule has 1 saturated carbocycles. The minimum Gasteiger partial charge on any atom is -0.369 e. The van der Waals surface area contributed by atoms with Crippen LogP contribution >= 0.6 is 0 Å². The SMILES string of the molecule is CCC(N)NC(=O)c1cc2cc(C)ccc2nc1NCCC(CC)NC1CCCCC1. The number of benzene rings is 1. The molecule has 6 heteroatoms. The Hall–Kier alpha value is -2.18. The lowest BCUT2D eigenvalue weighted by Gasteiger charge is -2.28. The molecule has 0 saturated heterocycles. The molecule has 170 valence electrons. The van der Waals surface area contributed by atoms with Crippen LogP contribution in [0.25, 0.3) is 10.9 Å². The van der Waals surface area contributed by atoms with Crippen LogP contribution in [0.5, 0.6) is 0 Å². The number of hydrogen-bond donors (Lipinski definition) is 4. The van der Waals surface area contributed by atoms with Gasteiger partial charge < -0.3 is 21.7 Å². The van der Waals surface area contributed by atoms with E-state index in [1.807, 2.05) is 32.0 Å². The number of fused-ring (bicyclic) bond motifs is 1. The molecule has 0 spiro atoms. The molecular formula is C25H39N5O. The Morgan fingerprint density at radius 1 is 1.16 bits per heavy atom. The topological polar surface area (TPSA) is 92.1 Å². The van der Waals surface area contributed by atoms with E-state index < -0.39 is 0 Å². The number of aryl methyl sites for hydroxylation is 1. The summed E-state index contributed by atoms with van der Waals surface area (Å²) in [5, 5.41) is 11.1. The number of anilines is 1. The van der Waals surface area contributed by atoms with Crippen LogP contribution in [0.2, 0.25) is 0 Å². The number of hydrogen-bond acceptors (Lipinski definition) is 5. The van der Waals surface area contributed by atoms with Crippen molar-refractivity contribution in [2.24, 2.45) is 5.73 Å². The molecular weight excluding hydrogens is 386 g/mol. The molecule has 2 atom stereocenters. The van der Waals surface area contributed by atoms with Crippen LogP contribution < -0.4 is 21.7 Å². The summed E-state index contributed by atoms with van der Waals surface area (Å²) in [6, 6.07) is 9.17. The Kier molecular flexibility index (Phi) is 8.67. The molecule has 1 aromatic carbocycles. The molecule has 1 fully saturated rings. The molecule has 0 bridgehead atoms. The van der Waals surface area contributed by atoms with Crippen molar-refractivity contribution < 1.29 is 4.79 Å². The van der Waals surface area contributed by atoms with Crippen molar-refractivity contribution in [3.63, 3.8) is 0 Å². The zero-order valence-electron chi connectivity index (χ0n) is 19.3. The second-order valence-corrected chi connectivity index (χ2v) is 8.89. The highest BCUT2D eigenvalue weighted by Crippen LogP contribution is 2.23.